The molecule has 20 heavy (non-hydrogen) atoms. The van der Waals surface area contributed by atoms with Gasteiger partial charge >= 0.3 is 5.97 Å². The third-order valence-electron chi connectivity index (χ3n) is 3.61. The summed E-state index contributed by atoms with van der Waals surface area (Å²) in [6.07, 6.45) is 3.16. The van der Waals surface area contributed by atoms with Crippen LogP contribution in [0.3, 0.4) is 0 Å². The molecule has 1 fully saturated rings. The summed E-state index contributed by atoms with van der Waals surface area (Å²) in [5.74, 6) is 0.621. The van der Waals surface area contributed by atoms with Gasteiger partial charge in [-0.2, -0.15) is 0 Å². The summed E-state index contributed by atoms with van der Waals surface area (Å²) < 4.78 is 5.75. The minimum absolute atomic E-state index is 0.197. The molecular formula is C14H16N2O3S. The molecular weight excluding hydrogens is 276 g/mol. The molecule has 1 N–H and O–H groups in total. The van der Waals surface area contributed by atoms with Crippen LogP contribution in [0.2, 0.25) is 0 Å². The fourth-order valence-corrected chi connectivity index (χ4v) is 3.12. The van der Waals surface area contributed by atoms with Crippen molar-refractivity contribution in [3.05, 3.63) is 29.6 Å². The van der Waals surface area contributed by atoms with E-state index >= 15 is 0 Å². The highest BCUT2D eigenvalue weighted by Gasteiger charge is 2.25. The van der Waals surface area contributed by atoms with Gasteiger partial charge in [-0.1, -0.05) is 6.07 Å². The number of thiophene rings is 1. The lowest BCUT2D eigenvalue weighted by Crippen LogP contribution is -2.35. The number of carboxylic acids is 1. The Labute approximate surface area is 120 Å². The predicted octanol–water partition coefficient (Wildman–Crippen LogP) is 2.70. The van der Waals surface area contributed by atoms with Gasteiger partial charge in [0.2, 0.25) is 5.89 Å². The zero-order valence-electron chi connectivity index (χ0n) is 11.0. The molecule has 1 aliphatic heterocycles. The summed E-state index contributed by atoms with van der Waals surface area (Å²) >= 11 is 1.63. The minimum atomic E-state index is -0.680. The SMILES string of the molecule is O=C(O)C1CCN(Cc2ncc(-c3cccs3)o2)CC1. The normalized spacial score (nSPS) is 17.4. The first-order valence-electron chi connectivity index (χ1n) is 6.66. The number of nitrogens with zero attached hydrogens (tertiary/aromatic N) is 2. The second kappa shape index (κ2) is 5.76. The van der Waals surface area contributed by atoms with Crippen molar-refractivity contribution in [3.63, 3.8) is 0 Å². The number of rotatable bonds is 4. The highest BCUT2D eigenvalue weighted by Crippen LogP contribution is 2.26. The maximum absolute atomic E-state index is 10.9. The van der Waals surface area contributed by atoms with Gasteiger partial charge < -0.3 is 9.52 Å². The van der Waals surface area contributed by atoms with Crippen molar-refractivity contribution in [1.29, 1.82) is 0 Å². The zero-order valence-corrected chi connectivity index (χ0v) is 11.8. The Morgan fingerprint density at radius 3 is 2.95 bits per heavy atom. The molecule has 0 aliphatic carbocycles. The number of likely N-dealkylation sites (tertiary alicyclic amines) is 1. The Morgan fingerprint density at radius 2 is 2.30 bits per heavy atom. The van der Waals surface area contributed by atoms with Gasteiger partial charge in [-0.15, -0.1) is 11.3 Å². The molecule has 0 amide bonds. The van der Waals surface area contributed by atoms with Crippen molar-refractivity contribution in [1.82, 2.24) is 9.88 Å². The number of carboxylic acid groups (broad SMARTS) is 1. The van der Waals surface area contributed by atoms with Crippen molar-refractivity contribution in [2.45, 2.75) is 19.4 Å². The number of hydrogen-bond acceptors (Lipinski definition) is 5. The van der Waals surface area contributed by atoms with E-state index in [0.29, 0.717) is 25.3 Å². The number of oxazole rings is 1. The molecule has 3 rings (SSSR count). The van der Waals surface area contributed by atoms with Gasteiger partial charge in [0.1, 0.15) is 0 Å². The Bertz CT molecular complexity index is 571. The van der Waals surface area contributed by atoms with E-state index in [1.807, 2.05) is 17.5 Å². The van der Waals surface area contributed by atoms with Crippen LogP contribution in [-0.2, 0) is 11.3 Å². The highest BCUT2D eigenvalue weighted by molar-refractivity contribution is 7.13. The summed E-state index contributed by atoms with van der Waals surface area (Å²) in [6.45, 7) is 2.22. The third kappa shape index (κ3) is 2.91. The fourth-order valence-electron chi connectivity index (χ4n) is 2.45. The number of aliphatic carboxylic acids is 1. The number of aromatic nitrogens is 1. The van der Waals surface area contributed by atoms with E-state index in [1.54, 1.807) is 17.5 Å². The van der Waals surface area contributed by atoms with Gasteiger partial charge in [-0.05, 0) is 37.4 Å². The van der Waals surface area contributed by atoms with Crippen LogP contribution < -0.4 is 0 Å². The Morgan fingerprint density at radius 1 is 1.50 bits per heavy atom. The summed E-state index contributed by atoms with van der Waals surface area (Å²) in [5.41, 5.74) is 0. The topological polar surface area (TPSA) is 66.6 Å². The number of carbonyl (C=O) groups is 1. The maximum Gasteiger partial charge on any atom is 0.306 e. The standard InChI is InChI=1S/C14H16N2O3S/c17-14(18)10-3-5-16(6-4-10)9-13-15-8-11(19-13)12-2-1-7-20-12/h1-2,7-8,10H,3-6,9H2,(H,17,18). The smallest absolute Gasteiger partial charge is 0.306 e. The first-order valence-corrected chi connectivity index (χ1v) is 7.54. The van der Waals surface area contributed by atoms with E-state index in [0.717, 1.165) is 23.7 Å². The lowest BCUT2D eigenvalue weighted by molar-refractivity contribution is -0.143. The van der Waals surface area contributed by atoms with Crippen LogP contribution in [-0.4, -0.2) is 34.0 Å². The lowest BCUT2D eigenvalue weighted by atomic mass is 9.97. The monoisotopic (exact) mass is 292 g/mol. The Hall–Kier alpha value is -1.66. The van der Waals surface area contributed by atoms with Gasteiger partial charge in [-0.25, -0.2) is 4.98 Å². The number of hydrogen-bond donors (Lipinski definition) is 1. The summed E-state index contributed by atoms with van der Waals surface area (Å²) in [5, 5.41) is 11.0. The van der Waals surface area contributed by atoms with Gasteiger partial charge in [0, 0.05) is 0 Å². The van der Waals surface area contributed by atoms with Crippen molar-refractivity contribution < 1.29 is 14.3 Å². The van der Waals surface area contributed by atoms with Crippen LogP contribution in [0.25, 0.3) is 10.6 Å². The molecule has 0 radical (unpaired) electrons. The third-order valence-corrected chi connectivity index (χ3v) is 4.50. The average Bonchev–Trinajstić information content (AvgIpc) is 3.09. The van der Waals surface area contributed by atoms with E-state index in [-0.39, 0.29) is 5.92 Å². The van der Waals surface area contributed by atoms with Crippen molar-refractivity contribution in [3.8, 4) is 10.6 Å². The Kier molecular flexibility index (Phi) is 3.84. The second-order valence-electron chi connectivity index (χ2n) is 4.98. The maximum atomic E-state index is 10.9. The summed E-state index contributed by atoms with van der Waals surface area (Å²) in [6, 6.07) is 3.99. The predicted molar refractivity (Wildman–Crippen MR) is 75.5 cm³/mol. The molecule has 1 aliphatic rings. The molecule has 0 atom stereocenters. The molecule has 0 aromatic carbocycles. The first kappa shape index (κ1) is 13.3. The van der Waals surface area contributed by atoms with Crippen molar-refractivity contribution in [2.75, 3.05) is 13.1 Å². The van der Waals surface area contributed by atoms with E-state index in [9.17, 15) is 4.79 Å². The molecule has 2 aromatic heterocycles. The van der Waals surface area contributed by atoms with Crippen LogP contribution in [0.15, 0.2) is 28.1 Å². The molecule has 0 spiro atoms. The van der Waals surface area contributed by atoms with Gasteiger partial charge in [-0.3, -0.25) is 9.69 Å². The van der Waals surface area contributed by atoms with E-state index < -0.39 is 5.97 Å². The second-order valence-corrected chi connectivity index (χ2v) is 5.93. The fraction of sp³-hybridized carbons (Fsp3) is 0.429. The minimum Gasteiger partial charge on any atom is -0.481 e. The molecule has 0 saturated carbocycles. The molecule has 2 aromatic rings. The van der Waals surface area contributed by atoms with Gasteiger partial charge in [0.25, 0.3) is 0 Å². The zero-order chi connectivity index (χ0) is 13.9. The van der Waals surface area contributed by atoms with E-state index in [1.165, 1.54) is 0 Å². The van der Waals surface area contributed by atoms with Crippen LogP contribution in [0.5, 0.6) is 0 Å². The van der Waals surface area contributed by atoms with Crippen LogP contribution in [0.1, 0.15) is 18.7 Å². The van der Waals surface area contributed by atoms with Gasteiger partial charge in [0.15, 0.2) is 5.76 Å². The van der Waals surface area contributed by atoms with E-state index in [4.69, 9.17) is 9.52 Å². The molecule has 1 saturated heterocycles. The van der Waals surface area contributed by atoms with Crippen LogP contribution >= 0.6 is 11.3 Å². The molecule has 3 heterocycles. The summed E-state index contributed by atoms with van der Waals surface area (Å²) in [7, 11) is 0. The lowest BCUT2D eigenvalue weighted by Gasteiger charge is -2.28. The van der Waals surface area contributed by atoms with Gasteiger partial charge in [0.05, 0.1) is 23.5 Å². The van der Waals surface area contributed by atoms with Crippen molar-refractivity contribution >= 4 is 17.3 Å². The quantitative estimate of drug-likeness (QED) is 0.938. The summed E-state index contributed by atoms with van der Waals surface area (Å²) in [4.78, 5) is 18.5. The largest absolute Gasteiger partial charge is 0.481 e. The first-order chi connectivity index (χ1) is 9.72. The van der Waals surface area contributed by atoms with Crippen LogP contribution in [0.4, 0.5) is 0 Å². The molecule has 6 heteroatoms. The Balaban J connectivity index is 1.58. The molecule has 0 bridgehead atoms. The highest BCUT2D eigenvalue weighted by atomic mass is 32.1. The number of piperidine rings is 1. The molecule has 0 unspecified atom stereocenters. The average molecular weight is 292 g/mol. The van der Waals surface area contributed by atoms with Crippen molar-refractivity contribution in [2.24, 2.45) is 5.92 Å². The van der Waals surface area contributed by atoms with Crippen LogP contribution in [0, 0.1) is 5.92 Å². The molecule has 5 nitrogen and oxygen atoms in total. The molecule has 106 valence electrons. The van der Waals surface area contributed by atoms with E-state index in [2.05, 4.69) is 9.88 Å².